The van der Waals surface area contributed by atoms with E-state index in [1.54, 1.807) is 30.7 Å². The molecule has 7 nitrogen and oxygen atoms in total. The summed E-state index contributed by atoms with van der Waals surface area (Å²) in [4.78, 5) is 4.61. The lowest BCUT2D eigenvalue weighted by atomic mass is 10.2. The van der Waals surface area contributed by atoms with Crippen molar-refractivity contribution >= 4 is 15.5 Å². The number of piperazine rings is 1. The van der Waals surface area contributed by atoms with Crippen LogP contribution in [0.25, 0.3) is 5.69 Å². The van der Waals surface area contributed by atoms with E-state index in [2.05, 4.69) is 20.1 Å². The Bertz CT molecular complexity index is 1150. The second kappa shape index (κ2) is 9.38. The van der Waals surface area contributed by atoms with Crippen LogP contribution >= 0.6 is 0 Å². The fourth-order valence-corrected chi connectivity index (χ4v) is 4.70. The predicted molar refractivity (Wildman–Crippen MR) is 123 cm³/mol. The van der Waals surface area contributed by atoms with Gasteiger partial charge in [-0.25, -0.2) is 17.5 Å². The number of halogens is 1. The van der Waals surface area contributed by atoms with Crippen LogP contribution in [-0.4, -0.2) is 59.7 Å². The molecule has 0 N–H and O–H groups in total. The minimum atomic E-state index is -3.12. The van der Waals surface area contributed by atoms with Crippen LogP contribution in [0.4, 0.5) is 10.1 Å². The third kappa shape index (κ3) is 5.34. The van der Waals surface area contributed by atoms with Gasteiger partial charge in [0.2, 0.25) is 0 Å². The molecule has 2 heterocycles. The molecule has 9 heteroatoms. The van der Waals surface area contributed by atoms with Gasteiger partial charge in [-0.2, -0.15) is 0 Å². The summed E-state index contributed by atoms with van der Waals surface area (Å²) in [5, 5.41) is 8.03. The molecule has 4 rings (SSSR count). The van der Waals surface area contributed by atoms with Crippen molar-refractivity contribution < 1.29 is 12.8 Å². The zero-order chi connectivity index (χ0) is 22.7. The van der Waals surface area contributed by atoms with Crippen LogP contribution in [0.15, 0.2) is 54.7 Å². The first kappa shape index (κ1) is 22.4. The van der Waals surface area contributed by atoms with Crippen molar-refractivity contribution in [2.75, 3.05) is 31.1 Å². The van der Waals surface area contributed by atoms with E-state index >= 15 is 0 Å². The number of anilines is 1. The molecule has 1 aromatic heterocycles. The average Bonchev–Trinajstić information content (AvgIpc) is 3.23. The Kier molecular flexibility index (Phi) is 6.57. The minimum Gasteiger partial charge on any atom is -0.369 e. The van der Waals surface area contributed by atoms with Gasteiger partial charge in [0, 0.05) is 38.4 Å². The quantitative estimate of drug-likeness (QED) is 0.543. The van der Waals surface area contributed by atoms with Crippen LogP contribution in [0, 0.1) is 5.82 Å². The van der Waals surface area contributed by atoms with Gasteiger partial charge < -0.3 is 4.90 Å². The van der Waals surface area contributed by atoms with Gasteiger partial charge in [-0.05, 0) is 55.8 Å². The molecule has 0 radical (unpaired) electrons. The van der Waals surface area contributed by atoms with E-state index in [1.807, 2.05) is 30.5 Å². The summed E-state index contributed by atoms with van der Waals surface area (Å²) in [5.74, 6) is -0.207. The normalized spacial score (nSPS) is 15.4. The SMILES string of the molecule is CC(C)S(=O)(=O)Cc1cccc(N2CCN(Cc3cn(-c4ccc(F)cc4)nn3)CC2)c1. The number of aromatic nitrogens is 3. The Balaban J connectivity index is 1.34. The van der Waals surface area contributed by atoms with Gasteiger partial charge in [-0.1, -0.05) is 17.3 Å². The van der Waals surface area contributed by atoms with Gasteiger partial charge in [-0.3, -0.25) is 4.90 Å². The molecule has 0 saturated carbocycles. The summed E-state index contributed by atoms with van der Waals surface area (Å²) in [6.45, 7) is 7.59. The number of nitrogens with zero attached hydrogens (tertiary/aromatic N) is 5. The fraction of sp³-hybridized carbons (Fsp3) is 0.391. The molecule has 32 heavy (non-hydrogen) atoms. The predicted octanol–water partition coefficient (Wildman–Crippen LogP) is 3.05. The van der Waals surface area contributed by atoms with E-state index < -0.39 is 9.84 Å². The molecule has 0 bridgehead atoms. The van der Waals surface area contributed by atoms with Crippen molar-refractivity contribution in [1.29, 1.82) is 0 Å². The van der Waals surface area contributed by atoms with Crippen molar-refractivity contribution in [1.82, 2.24) is 19.9 Å². The smallest absolute Gasteiger partial charge is 0.156 e. The highest BCUT2D eigenvalue weighted by Gasteiger charge is 2.20. The molecule has 3 aromatic rings. The van der Waals surface area contributed by atoms with Crippen LogP contribution in [0.5, 0.6) is 0 Å². The topological polar surface area (TPSA) is 71.3 Å². The third-order valence-corrected chi connectivity index (χ3v) is 7.92. The third-order valence-electron chi connectivity index (χ3n) is 5.75. The lowest BCUT2D eigenvalue weighted by Gasteiger charge is -2.35. The first-order valence-electron chi connectivity index (χ1n) is 10.8. The van der Waals surface area contributed by atoms with Gasteiger partial charge in [0.15, 0.2) is 9.84 Å². The van der Waals surface area contributed by atoms with Crippen LogP contribution in [0.2, 0.25) is 0 Å². The molecule has 1 fully saturated rings. The van der Waals surface area contributed by atoms with Gasteiger partial charge in [0.25, 0.3) is 0 Å². The van der Waals surface area contributed by atoms with Crippen molar-refractivity contribution in [3.63, 3.8) is 0 Å². The van der Waals surface area contributed by atoms with Crippen molar-refractivity contribution in [2.45, 2.75) is 31.4 Å². The minimum absolute atomic E-state index is 0.0716. The zero-order valence-corrected chi connectivity index (χ0v) is 19.2. The summed E-state index contributed by atoms with van der Waals surface area (Å²) in [5.41, 5.74) is 3.53. The van der Waals surface area contributed by atoms with E-state index in [-0.39, 0.29) is 16.8 Å². The van der Waals surface area contributed by atoms with Crippen LogP contribution in [-0.2, 0) is 22.1 Å². The standard InChI is InChI=1S/C23H28FN5O2S/c1-18(2)32(30,31)17-19-4-3-5-23(14-19)28-12-10-27(11-13-28)15-21-16-29(26-25-21)22-8-6-20(24)7-9-22/h3-9,14,16,18H,10-13,15,17H2,1-2H3. The van der Waals surface area contributed by atoms with E-state index in [0.29, 0.717) is 6.54 Å². The molecule has 1 saturated heterocycles. The summed E-state index contributed by atoms with van der Waals surface area (Å²) in [6.07, 6.45) is 1.87. The number of hydrogen-bond donors (Lipinski definition) is 0. The van der Waals surface area contributed by atoms with Gasteiger partial charge >= 0.3 is 0 Å². The molecule has 0 aliphatic carbocycles. The number of hydrogen-bond acceptors (Lipinski definition) is 6. The van der Waals surface area contributed by atoms with Crippen molar-refractivity contribution in [3.8, 4) is 5.69 Å². The molecule has 0 spiro atoms. The van der Waals surface area contributed by atoms with Gasteiger partial charge in [0.05, 0.1) is 28.6 Å². The zero-order valence-electron chi connectivity index (χ0n) is 18.4. The highest BCUT2D eigenvalue weighted by molar-refractivity contribution is 7.91. The van der Waals surface area contributed by atoms with Crippen LogP contribution < -0.4 is 4.90 Å². The number of benzene rings is 2. The highest BCUT2D eigenvalue weighted by Crippen LogP contribution is 2.21. The monoisotopic (exact) mass is 457 g/mol. The highest BCUT2D eigenvalue weighted by atomic mass is 32.2. The van der Waals surface area contributed by atoms with E-state index in [0.717, 1.165) is 48.8 Å². The van der Waals surface area contributed by atoms with E-state index in [9.17, 15) is 12.8 Å². The average molecular weight is 458 g/mol. The largest absolute Gasteiger partial charge is 0.369 e. The van der Waals surface area contributed by atoms with Crippen molar-refractivity contribution in [2.24, 2.45) is 0 Å². The Morgan fingerprint density at radius 1 is 1.00 bits per heavy atom. The number of rotatable bonds is 7. The molecule has 0 amide bonds. The Hall–Kier alpha value is -2.78. The lowest BCUT2D eigenvalue weighted by Crippen LogP contribution is -2.46. The number of sulfone groups is 1. The van der Waals surface area contributed by atoms with Crippen LogP contribution in [0.3, 0.4) is 0 Å². The molecular formula is C23H28FN5O2S. The first-order valence-corrected chi connectivity index (χ1v) is 12.5. The maximum Gasteiger partial charge on any atom is 0.156 e. The molecular weight excluding hydrogens is 429 g/mol. The first-order chi connectivity index (χ1) is 15.3. The van der Waals surface area contributed by atoms with Crippen molar-refractivity contribution in [3.05, 3.63) is 71.8 Å². The summed E-state index contributed by atoms with van der Waals surface area (Å²) >= 11 is 0. The summed E-state index contributed by atoms with van der Waals surface area (Å²) in [6, 6.07) is 14.0. The van der Waals surface area contributed by atoms with Crippen LogP contribution in [0.1, 0.15) is 25.1 Å². The summed E-state index contributed by atoms with van der Waals surface area (Å²) < 4.78 is 39.3. The second-order valence-electron chi connectivity index (χ2n) is 8.42. The molecule has 0 atom stereocenters. The molecule has 170 valence electrons. The maximum atomic E-state index is 13.1. The Morgan fingerprint density at radius 3 is 2.41 bits per heavy atom. The Morgan fingerprint density at radius 2 is 1.72 bits per heavy atom. The molecule has 0 unspecified atom stereocenters. The molecule has 1 aliphatic heterocycles. The van der Waals surface area contributed by atoms with E-state index in [4.69, 9.17) is 0 Å². The Labute approximate surface area is 188 Å². The maximum absolute atomic E-state index is 13.1. The second-order valence-corrected chi connectivity index (χ2v) is 11.0. The van der Waals surface area contributed by atoms with E-state index in [1.165, 1.54) is 12.1 Å². The van der Waals surface area contributed by atoms with Gasteiger partial charge in [-0.15, -0.1) is 5.10 Å². The fourth-order valence-electron chi connectivity index (χ4n) is 3.73. The summed E-state index contributed by atoms with van der Waals surface area (Å²) in [7, 11) is -3.12. The lowest BCUT2D eigenvalue weighted by molar-refractivity contribution is 0.247. The van der Waals surface area contributed by atoms with Gasteiger partial charge in [0.1, 0.15) is 5.82 Å². The molecule has 2 aromatic carbocycles. The molecule has 1 aliphatic rings.